The zero-order valence-corrected chi connectivity index (χ0v) is 18.3. The predicted octanol–water partition coefficient (Wildman–Crippen LogP) is 4.89. The van der Waals surface area contributed by atoms with Crippen molar-refractivity contribution in [2.45, 2.75) is 50.3 Å². The van der Waals surface area contributed by atoms with Gasteiger partial charge in [0.15, 0.2) is 0 Å². The van der Waals surface area contributed by atoms with E-state index in [-0.39, 0.29) is 0 Å². The van der Waals surface area contributed by atoms with Gasteiger partial charge in [0, 0.05) is 21.2 Å². The maximum atomic E-state index is 5.99. The molecule has 0 spiro atoms. The molecule has 0 atom stereocenters. The molecule has 0 radical (unpaired) electrons. The van der Waals surface area contributed by atoms with Gasteiger partial charge in [-0.3, -0.25) is 0 Å². The zero-order chi connectivity index (χ0) is 20.0. The van der Waals surface area contributed by atoms with E-state index in [0.29, 0.717) is 0 Å². The number of hydrogen-bond donors (Lipinski definition) is 4. The molecule has 0 bridgehead atoms. The summed E-state index contributed by atoms with van der Waals surface area (Å²) in [5.74, 6) is 0. The molecule has 2 aromatic rings. The van der Waals surface area contributed by atoms with Crippen LogP contribution in [0.2, 0.25) is 0 Å². The van der Waals surface area contributed by atoms with Crippen molar-refractivity contribution < 1.29 is 0 Å². The molecule has 8 N–H and O–H groups in total. The van der Waals surface area contributed by atoms with Crippen LogP contribution >= 0.6 is 23.5 Å². The Morgan fingerprint density at radius 3 is 1.62 bits per heavy atom. The van der Waals surface area contributed by atoms with Crippen LogP contribution in [0.1, 0.15) is 36.1 Å². The number of rotatable bonds is 4. The van der Waals surface area contributed by atoms with Gasteiger partial charge in [-0.2, -0.15) is 0 Å². The van der Waals surface area contributed by atoms with E-state index in [2.05, 4.69) is 20.8 Å². The van der Waals surface area contributed by atoms with E-state index in [4.69, 9.17) is 22.9 Å². The largest absolute Gasteiger partial charge is 0.398 e. The van der Waals surface area contributed by atoms with Crippen molar-refractivity contribution in [3.8, 4) is 0 Å². The third kappa shape index (κ3) is 4.74. The van der Waals surface area contributed by atoms with Crippen LogP contribution in [-0.2, 0) is 12.8 Å². The predicted molar refractivity (Wildman–Crippen MR) is 122 cm³/mol. The van der Waals surface area contributed by atoms with Gasteiger partial charge in [-0.15, -0.1) is 23.5 Å². The van der Waals surface area contributed by atoms with Gasteiger partial charge in [0.1, 0.15) is 0 Å². The summed E-state index contributed by atoms with van der Waals surface area (Å²) in [6.45, 7) is 8.22. The number of thioether (sulfide) groups is 2. The van der Waals surface area contributed by atoms with Crippen LogP contribution in [0.4, 0.5) is 22.7 Å². The summed E-state index contributed by atoms with van der Waals surface area (Å²) in [6, 6.07) is 4.09. The molecule has 0 fully saturated rings. The molecule has 4 nitrogen and oxygen atoms in total. The monoisotopic (exact) mass is 392 g/mol. The maximum Gasteiger partial charge on any atom is 0.0503 e. The van der Waals surface area contributed by atoms with Crippen LogP contribution in [0, 0.1) is 13.8 Å². The number of aryl methyl sites for hydroxylation is 1. The second-order valence-corrected chi connectivity index (χ2v) is 7.78. The van der Waals surface area contributed by atoms with Crippen molar-refractivity contribution in [1.82, 2.24) is 0 Å². The van der Waals surface area contributed by atoms with Gasteiger partial charge in [-0.1, -0.05) is 13.8 Å². The number of hydrogen-bond acceptors (Lipinski definition) is 6. The minimum absolute atomic E-state index is 0.808. The summed E-state index contributed by atoms with van der Waals surface area (Å²) >= 11 is 3.31. The Morgan fingerprint density at radius 2 is 1.23 bits per heavy atom. The van der Waals surface area contributed by atoms with Gasteiger partial charge >= 0.3 is 0 Å². The molecular formula is C20H32N4S2. The van der Waals surface area contributed by atoms with Crippen LogP contribution in [0.3, 0.4) is 0 Å². The summed E-state index contributed by atoms with van der Waals surface area (Å²) in [5, 5.41) is 0. The fourth-order valence-electron chi connectivity index (χ4n) is 2.83. The summed E-state index contributed by atoms with van der Waals surface area (Å²) in [6.07, 6.45) is 5.93. The lowest BCUT2D eigenvalue weighted by atomic mass is 9.97. The standard InChI is InChI=1S/C11H18N2.C9H14N2S2/c1-4-8-6-10(12)9(5-2)11(13)7(8)3;1-5-8(10)6(12-2)4-7(13-3)9(5)11/h6H,4-5,12-13H2,1-3H3;4H,10-11H2,1-3H3. The molecule has 0 unspecified atom stereocenters. The Morgan fingerprint density at radius 1 is 0.731 bits per heavy atom. The van der Waals surface area contributed by atoms with Gasteiger partial charge in [0.2, 0.25) is 0 Å². The Labute approximate surface area is 166 Å². The third-order valence-corrected chi connectivity index (χ3v) is 6.22. The highest BCUT2D eigenvalue weighted by Gasteiger charge is 2.09. The van der Waals surface area contributed by atoms with E-state index in [9.17, 15) is 0 Å². The first-order valence-electron chi connectivity index (χ1n) is 8.66. The second kappa shape index (κ2) is 9.88. The molecule has 0 amide bonds. The van der Waals surface area contributed by atoms with Gasteiger partial charge in [-0.25, -0.2) is 0 Å². The molecule has 0 aromatic heterocycles. The molecule has 0 aliphatic carbocycles. The van der Waals surface area contributed by atoms with E-state index in [0.717, 1.165) is 56.5 Å². The molecule has 0 aliphatic heterocycles. The average molecular weight is 393 g/mol. The van der Waals surface area contributed by atoms with E-state index >= 15 is 0 Å². The van der Waals surface area contributed by atoms with Crippen LogP contribution in [0.15, 0.2) is 21.9 Å². The molecule has 0 aliphatic rings. The SMILES string of the molecule is CCc1cc(N)c(CC)c(N)c1C.CSc1cc(SC)c(N)c(C)c1N. The third-order valence-electron chi connectivity index (χ3n) is 4.66. The Hall–Kier alpha value is -1.66. The van der Waals surface area contributed by atoms with Gasteiger partial charge < -0.3 is 22.9 Å². The van der Waals surface area contributed by atoms with Crippen molar-refractivity contribution in [1.29, 1.82) is 0 Å². The van der Waals surface area contributed by atoms with Crippen LogP contribution in [0.25, 0.3) is 0 Å². The van der Waals surface area contributed by atoms with E-state index < -0.39 is 0 Å². The first kappa shape index (κ1) is 22.4. The molecule has 2 aromatic carbocycles. The topological polar surface area (TPSA) is 104 Å². The lowest BCUT2D eigenvalue weighted by Crippen LogP contribution is -2.04. The van der Waals surface area contributed by atoms with Crippen molar-refractivity contribution in [3.63, 3.8) is 0 Å². The zero-order valence-electron chi connectivity index (χ0n) is 16.7. The van der Waals surface area contributed by atoms with Crippen LogP contribution < -0.4 is 22.9 Å². The lowest BCUT2D eigenvalue weighted by Gasteiger charge is -2.13. The molecular weight excluding hydrogens is 360 g/mol. The molecule has 2 rings (SSSR count). The van der Waals surface area contributed by atoms with Crippen molar-refractivity contribution in [3.05, 3.63) is 34.4 Å². The average Bonchev–Trinajstić information content (AvgIpc) is 2.64. The minimum atomic E-state index is 0.808. The summed E-state index contributed by atoms with van der Waals surface area (Å²) < 4.78 is 0. The fourth-order valence-corrected chi connectivity index (χ4v) is 4.12. The molecule has 26 heavy (non-hydrogen) atoms. The van der Waals surface area contributed by atoms with Gasteiger partial charge in [-0.05, 0) is 73.6 Å². The lowest BCUT2D eigenvalue weighted by molar-refractivity contribution is 1.08. The normalized spacial score (nSPS) is 10.4. The maximum absolute atomic E-state index is 5.99. The second-order valence-electron chi connectivity index (χ2n) is 6.08. The fraction of sp³-hybridized carbons (Fsp3) is 0.400. The summed E-state index contributed by atoms with van der Waals surface area (Å²) in [5.41, 5.74) is 31.6. The van der Waals surface area contributed by atoms with Gasteiger partial charge in [0.25, 0.3) is 0 Å². The number of nitrogens with two attached hydrogens (primary N) is 4. The van der Waals surface area contributed by atoms with E-state index in [1.807, 2.05) is 31.6 Å². The summed E-state index contributed by atoms with van der Waals surface area (Å²) in [4.78, 5) is 2.21. The van der Waals surface area contributed by atoms with E-state index in [1.54, 1.807) is 23.5 Å². The van der Waals surface area contributed by atoms with E-state index in [1.165, 1.54) is 11.1 Å². The number of nitrogen functional groups attached to an aromatic ring is 4. The quantitative estimate of drug-likeness (QED) is 0.436. The van der Waals surface area contributed by atoms with Crippen molar-refractivity contribution in [2.24, 2.45) is 0 Å². The highest BCUT2D eigenvalue weighted by Crippen LogP contribution is 2.36. The Balaban J connectivity index is 0.000000260. The number of benzene rings is 2. The minimum Gasteiger partial charge on any atom is -0.398 e. The Bertz CT molecular complexity index is 745. The summed E-state index contributed by atoms with van der Waals surface area (Å²) in [7, 11) is 0. The highest BCUT2D eigenvalue weighted by atomic mass is 32.2. The molecule has 0 saturated carbocycles. The van der Waals surface area contributed by atoms with Crippen LogP contribution in [-0.4, -0.2) is 12.5 Å². The van der Waals surface area contributed by atoms with Crippen molar-refractivity contribution in [2.75, 3.05) is 35.4 Å². The molecule has 6 heteroatoms. The van der Waals surface area contributed by atoms with Crippen molar-refractivity contribution >= 4 is 46.3 Å². The molecule has 0 saturated heterocycles. The molecule has 144 valence electrons. The molecule has 0 heterocycles. The number of anilines is 4. The first-order valence-corrected chi connectivity index (χ1v) is 11.1. The first-order chi connectivity index (χ1) is 12.2. The highest BCUT2D eigenvalue weighted by molar-refractivity contribution is 7.99. The van der Waals surface area contributed by atoms with Crippen LogP contribution in [0.5, 0.6) is 0 Å². The Kier molecular flexibility index (Phi) is 8.50. The smallest absolute Gasteiger partial charge is 0.0503 e. The van der Waals surface area contributed by atoms with Gasteiger partial charge in [0.05, 0.1) is 11.4 Å².